The van der Waals surface area contributed by atoms with Crippen molar-refractivity contribution < 1.29 is 33.0 Å². The summed E-state index contributed by atoms with van der Waals surface area (Å²) in [7, 11) is 0. The van der Waals surface area contributed by atoms with E-state index in [9.17, 15) is 18.8 Å². The number of carbonyl (C=O) groups excluding carboxylic acids is 3. The van der Waals surface area contributed by atoms with Gasteiger partial charge in [-0.25, -0.2) is 14.0 Å². The predicted octanol–water partition coefficient (Wildman–Crippen LogP) is 2.31. The third-order valence-electron chi connectivity index (χ3n) is 4.66. The molecule has 2 rings (SSSR count). The van der Waals surface area contributed by atoms with Gasteiger partial charge in [0.2, 0.25) is 0 Å². The molecular formula is C19H26FNO6. The molecule has 1 N–H and O–H groups in total. The number of alkyl halides is 1. The molecule has 27 heavy (non-hydrogen) atoms. The van der Waals surface area contributed by atoms with Gasteiger partial charge in [0.05, 0.1) is 5.92 Å². The molecule has 2 fully saturated rings. The average Bonchev–Trinajstić information content (AvgIpc) is 3.20. The zero-order valence-electron chi connectivity index (χ0n) is 15.8. The summed E-state index contributed by atoms with van der Waals surface area (Å²) in [6.45, 7) is 11.7. The largest absolute Gasteiger partial charge is 0.461 e. The van der Waals surface area contributed by atoms with Gasteiger partial charge in [-0.05, 0) is 33.1 Å². The average molecular weight is 383 g/mol. The minimum atomic E-state index is -1.99. The number of hydrogen-bond acceptors (Lipinski definition) is 6. The highest BCUT2D eigenvalue weighted by Gasteiger charge is 2.77. The standard InChI is InChI=1S/C19H26FNO6/c1-6-8-25-15(22)13-11-10-12(20)19(14(11)13,16(23)26-9-7-2)21-17(24)27-18(3,4)5/h6-7,11-14H,1-2,8-10H2,3-5H3,(H,21,24)/t11-,12-,13-,14-,19-/m0/s1. The van der Waals surface area contributed by atoms with Crippen molar-refractivity contribution in [2.75, 3.05) is 13.2 Å². The molecule has 1 amide bonds. The second kappa shape index (κ2) is 7.70. The van der Waals surface area contributed by atoms with Crippen molar-refractivity contribution in [2.45, 2.75) is 44.5 Å². The van der Waals surface area contributed by atoms with Gasteiger partial charge in [-0.1, -0.05) is 25.3 Å². The zero-order chi connectivity index (χ0) is 20.4. The van der Waals surface area contributed by atoms with Crippen LogP contribution in [0.1, 0.15) is 27.2 Å². The summed E-state index contributed by atoms with van der Waals surface area (Å²) in [6, 6.07) is 0. The van der Waals surface area contributed by atoms with E-state index < -0.39 is 53.1 Å². The molecule has 0 aliphatic heterocycles. The fourth-order valence-corrected chi connectivity index (χ4v) is 3.68. The van der Waals surface area contributed by atoms with Crippen LogP contribution >= 0.6 is 0 Å². The third kappa shape index (κ3) is 4.14. The van der Waals surface area contributed by atoms with Crippen molar-refractivity contribution in [2.24, 2.45) is 17.8 Å². The third-order valence-corrected chi connectivity index (χ3v) is 4.66. The lowest BCUT2D eigenvalue weighted by Crippen LogP contribution is -2.62. The van der Waals surface area contributed by atoms with E-state index in [-0.39, 0.29) is 19.6 Å². The predicted molar refractivity (Wildman–Crippen MR) is 94.4 cm³/mol. The minimum absolute atomic E-state index is 0.0151. The number of nitrogens with one attached hydrogen (secondary N) is 1. The summed E-state index contributed by atoms with van der Waals surface area (Å²) in [5, 5.41) is 2.37. The Kier molecular flexibility index (Phi) is 5.97. The van der Waals surface area contributed by atoms with Crippen molar-refractivity contribution in [1.29, 1.82) is 0 Å². The molecule has 0 heterocycles. The van der Waals surface area contributed by atoms with Crippen molar-refractivity contribution >= 4 is 18.0 Å². The Balaban J connectivity index is 2.27. The van der Waals surface area contributed by atoms with Crippen LogP contribution < -0.4 is 5.32 Å². The maximum Gasteiger partial charge on any atom is 0.408 e. The number of ether oxygens (including phenoxy) is 3. The Morgan fingerprint density at radius 1 is 1.19 bits per heavy atom. The lowest BCUT2D eigenvalue weighted by molar-refractivity contribution is -0.155. The molecule has 2 saturated carbocycles. The van der Waals surface area contributed by atoms with Crippen molar-refractivity contribution in [3.63, 3.8) is 0 Å². The first-order valence-corrected chi connectivity index (χ1v) is 8.79. The van der Waals surface area contributed by atoms with E-state index in [1.165, 1.54) is 12.2 Å². The Labute approximate surface area is 157 Å². The number of carbonyl (C=O) groups is 3. The molecule has 0 saturated heterocycles. The number of alkyl carbamates (subject to hydrolysis) is 1. The lowest BCUT2D eigenvalue weighted by Gasteiger charge is -2.33. The molecule has 8 heteroatoms. The van der Waals surface area contributed by atoms with Crippen LogP contribution in [0.25, 0.3) is 0 Å². The molecule has 0 aromatic heterocycles. The van der Waals surface area contributed by atoms with Gasteiger partial charge in [-0.2, -0.15) is 0 Å². The van der Waals surface area contributed by atoms with Crippen LogP contribution in [-0.4, -0.2) is 48.6 Å². The van der Waals surface area contributed by atoms with Gasteiger partial charge >= 0.3 is 18.0 Å². The molecule has 0 spiro atoms. The summed E-state index contributed by atoms with van der Waals surface area (Å²) in [5.41, 5.74) is -2.83. The Bertz CT molecular complexity index is 643. The van der Waals surface area contributed by atoms with Gasteiger partial charge in [0, 0.05) is 5.92 Å². The number of amides is 1. The number of fused-ring (bicyclic) bond motifs is 1. The van der Waals surface area contributed by atoms with E-state index in [1.807, 2.05) is 0 Å². The SMILES string of the molecule is C=CCOC(=O)[C@H]1[C@@H]2C[C@H](F)[C@@](NC(=O)OC(C)(C)C)(C(=O)OCC=C)[C@@H]21. The quantitative estimate of drug-likeness (QED) is 0.412. The summed E-state index contributed by atoms with van der Waals surface area (Å²) < 4.78 is 30.2. The van der Waals surface area contributed by atoms with E-state index >= 15 is 0 Å². The first-order valence-electron chi connectivity index (χ1n) is 8.79. The molecule has 0 aromatic carbocycles. The minimum Gasteiger partial charge on any atom is -0.461 e. The normalized spacial score (nSPS) is 31.3. The first-order chi connectivity index (χ1) is 12.6. The second-order valence-electron chi connectivity index (χ2n) is 7.72. The molecule has 0 aromatic rings. The van der Waals surface area contributed by atoms with Crippen LogP contribution in [0, 0.1) is 17.8 Å². The summed E-state index contributed by atoms with van der Waals surface area (Å²) in [6.07, 6.45) is 0.0321. The second-order valence-corrected chi connectivity index (χ2v) is 7.72. The zero-order valence-corrected chi connectivity index (χ0v) is 15.8. The maximum atomic E-state index is 14.9. The van der Waals surface area contributed by atoms with Crippen LogP contribution in [0.5, 0.6) is 0 Å². The van der Waals surface area contributed by atoms with Crippen molar-refractivity contribution in [1.82, 2.24) is 5.32 Å². The van der Waals surface area contributed by atoms with E-state index in [0.29, 0.717) is 0 Å². The van der Waals surface area contributed by atoms with Gasteiger partial charge in [-0.15, -0.1) is 0 Å². The summed E-state index contributed by atoms with van der Waals surface area (Å²) in [5.74, 6) is -3.36. The molecule has 150 valence electrons. The van der Waals surface area contributed by atoms with Crippen LogP contribution in [-0.2, 0) is 23.8 Å². The fraction of sp³-hybridized carbons (Fsp3) is 0.632. The highest BCUT2D eigenvalue weighted by molar-refractivity contribution is 5.91. The van der Waals surface area contributed by atoms with Crippen LogP contribution in [0.4, 0.5) is 9.18 Å². The van der Waals surface area contributed by atoms with Gasteiger partial charge in [0.15, 0.2) is 5.54 Å². The lowest BCUT2D eigenvalue weighted by atomic mass is 9.88. The van der Waals surface area contributed by atoms with Crippen LogP contribution in [0.3, 0.4) is 0 Å². The summed E-state index contributed by atoms with van der Waals surface area (Å²) >= 11 is 0. The molecule has 2 aliphatic carbocycles. The van der Waals surface area contributed by atoms with Crippen molar-refractivity contribution in [3.05, 3.63) is 25.3 Å². The number of hydrogen-bond donors (Lipinski definition) is 1. The number of esters is 2. The Hall–Kier alpha value is -2.38. The highest BCUT2D eigenvalue weighted by atomic mass is 19.1. The van der Waals surface area contributed by atoms with E-state index in [2.05, 4.69) is 18.5 Å². The molecular weight excluding hydrogens is 357 g/mol. The number of halogens is 1. The highest BCUT2D eigenvalue weighted by Crippen LogP contribution is 2.63. The monoisotopic (exact) mass is 383 g/mol. The molecule has 2 aliphatic rings. The smallest absolute Gasteiger partial charge is 0.408 e. The van der Waals surface area contributed by atoms with E-state index in [1.54, 1.807) is 20.8 Å². The molecule has 7 nitrogen and oxygen atoms in total. The van der Waals surface area contributed by atoms with Crippen molar-refractivity contribution in [3.8, 4) is 0 Å². The molecule has 0 bridgehead atoms. The Morgan fingerprint density at radius 3 is 2.33 bits per heavy atom. The first kappa shape index (κ1) is 20.9. The van der Waals surface area contributed by atoms with Gasteiger partial charge < -0.3 is 19.5 Å². The van der Waals surface area contributed by atoms with Crippen LogP contribution in [0.2, 0.25) is 0 Å². The maximum absolute atomic E-state index is 14.9. The molecule has 5 atom stereocenters. The molecule has 0 unspecified atom stereocenters. The fourth-order valence-electron chi connectivity index (χ4n) is 3.68. The van der Waals surface area contributed by atoms with Gasteiger partial charge in [0.1, 0.15) is 25.0 Å². The van der Waals surface area contributed by atoms with E-state index in [4.69, 9.17) is 14.2 Å². The van der Waals surface area contributed by atoms with E-state index in [0.717, 1.165) is 0 Å². The van der Waals surface area contributed by atoms with Crippen LogP contribution in [0.15, 0.2) is 25.3 Å². The van der Waals surface area contributed by atoms with Gasteiger partial charge in [-0.3, -0.25) is 4.79 Å². The molecule has 0 radical (unpaired) electrons. The number of rotatable bonds is 7. The van der Waals surface area contributed by atoms with Gasteiger partial charge in [0.25, 0.3) is 0 Å². The summed E-state index contributed by atoms with van der Waals surface area (Å²) in [4.78, 5) is 37.2. The Morgan fingerprint density at radius 2 is 1.78 bits per heavy atom. The topological polar surface area (TPSA) is 90.9 Å².